The number of carbonyl (C=O) groups is 2. The number of nitrogens with one attached hydrogen (secondary N) is 2. The lowest BCUT2D eigenvalue weighted by atomic mass is 10.1. The van der Waals surface area contributed by atoms with Crippen molar-refractivity contribution in [2.75, 3.05) is 5.75 Å². The SMILES string of the molecule is Cc1ccc(-c2csc3ncnc(SCC(=O)NC(=O)NC4CC4)c23)cc1. The summed E-state index contributed by atoms with van der Waals surface area (Å²) in [4.78, 5) is 33.3. The molecule has 4 rings (SSSR count). The number of hydrogen-bond acceptors (Lipinski definition) is 6. The molecule has 1 fully saturated rings. The first-order chi connectivity index (χ1) is 13.1. The highest BCUT2D eigenvalue weighted by Crippen LogP contribution is 2.37. The number of thiophene rings is 1. The number of aromatic nitrogens is 2. The number of benzene rings is 1. The van der Waals surface area contributed by atoms with E-state index in [4.69, 9.17) is 0 Å². The number of amides is 3. The van der Waals surface area contributed by atoms with Crippen molar-refractivity contribution >= 4 is 45.3 Å². The molecule has 27 heavy (non-hydrogen) atoms. The Bertz CT molecular complexity index is 997. The van der Waals surface area contributed by atoms with Crippen molar-refractivity contribution < 1.29 is 9.59 Å². The highest BCUT2D eigenvalue weighted by molar-refractivity contribution is 8.00. The van der Waals surface area contributed by atoms with Gasteiger partial charge in [-0.05, 0) is 25.3 Å². The lowest BCUT2D eigenvalue weighted by Gasteiger charge is -2.07. The van der Waals surface area contributed by atoms with Crippen LogP contribution < -0.4 is 10.6 Å². The smallest absolute Gasteiger partial charge is 0.321 e. The third kappa shape index (κ3) is 4.28. The van der Waals surface area contributed by atoms with E-state index < -0.39 is 6.03 Å². The van der Waals surface area contributed by atoms with Crippen molar-refractivity contribution in [3.63, 3.8) is 0 Å². The molecule has 0 spiro atoms. The summed E-state index contributed by atoms with van der Waals surface area (Å²) >= 11 is 2.87. The van der Waals surface area contributed by atoms with Crippen LogP contribution in [0.3, 0.4) is 0 Å². The Balaban J connectivity index is 1.51. The summed E-state index contributed by atoms with van der Waals surface area (Å²) in [7, 11) is 0. The van der Waals surface area contributed by atoms with E-state index in [2.05, 4.69) is 57.2 Å². The third-order valence-corrected chi connectivity index (χ3v) is 6.08. The fourth-order valence-corrected chi connectivity index (χ4v) is 4.44. The highest BCUT2D eigenvalue weighted by Gasteiger charge is 2.24. The normalized spacial score (nSPS) is 13.5. The largest absolute Gasteiger partial charge is 0.335 e. The van der Waals surface area contributed by atoms with Crippen LogP contribution in [0.25, 0.3) is 21.3 Å². The molecule has 2 heterocycles. The molecular weight excluding hydrogens is 380 g/mol. The van der Waals surface area contributed by atoms with Crippen molar-refractivity contribution in [2.45, 2.75) is 30.8 Å². The second-order valence-corrected chi connectivity index (χ2v) is 8.28. The van der Waals surface area contributed by atoms with Crippen LogP contribution in [0.15, 0.2) is 41.0 Å². The van der Waals surface area contributed by atoms with Crippen molar-refractivity contribution in [3.8, 4) is 11.1 Å². The molecule has 3 amide bonds. The number of hydrogen-bond donors (Lipinski definition) is 2. The molecule has 1 aliphatic carbocycles. The lowest BCUT2D eigenvalue weighted by molar-refractivity contribution is -0.117. The number of imide groups is 1. The molecule has 2 aromatic heterocycles. The van der Waals surface area contributed by atoms with Crippen molar-refractivity contribution in [1.29, 1.82) is 0 Å². The highest BCUT2D eigenvalue weighted by atomic mass is 32.2. The van der Waals surface area contributed by atoms with Gasteiger partial charge in [-0.1, -0.05) is 41.6 Å². The van der Waals surface area contributed by atoms with Gasteiger partial charge in [0.15, 0.2) is 0 Å². The molecule has 2 N–H and O–H groups in total. The Kier molecular flexibility index (Phi) is 5.09. The second-order valence-electron chi connectivity index (χ2n) is 6.46. The second kappa shape index (κ2) is 7.66. The van der Waals surface area contributed by atoms with Gasteiger partial charge in [0.2, 0.25) is 5.91 Å². The summed E-state index contributed by atoms with van der Waals surface area (Å²) < 4.78 is 0. The zero-order valence-electron chi connectivity index (χ0n) is 14.7. The van der Waals surface area contributed by atoms with Gasteiger partial charge < -0.3 is 5.32 Å². The molecule has 8 heteroatoms. The average Bonchev–Trinajstić information content (AvgIpc) is 3.35. The Labute approximate surface area is 164 Å². The van der Waals surface area contributed by atoms with Crippen LogP contribution in [-0.4, -0.2) is 33.7 Å². The van der Waals surface area contributed by atoms with Crippen LogP contribution >= 0.6 is 23.1 Å². The van der Waals surface area contributed by atoms with Crippen molar-refractivity contribution in [2.24, 2.45) is 0 Å². The predicted octanol–water partition coefficient (Wildman–Crippen LogP) is 3.75. The van der Waals surface area contributed by atoms with E-state index in [0.717, 1.165) is 39.2 Å². The number of nitrogens with zero attached hydrogens (tertiary/aromatic N) is 2. The predicted molar refractivity (Wildman–Crippen MR) is 108 cm³/mol. The molecule has 0 radical (unpaired) electrons. The maximum atomic E-state index is 12.1. The van der Waals surface area contributed by atoms with Crippen LogP contribution in [0.2, 0.25) is 0 Å². The molecule has 1 aliphatic rings. The Morgan fingerprint density at radius 2 is 2.00 bits per heavy atom. The molecule has 3 aromatic rings. The molecule has 6 nitrogen and oxygen atoms in total. The topological polar surface area (TPSA) is 84.0 Å². The summed E-state index contributed by atoms with van der Waals surface area (Å²) in [5, 5.41) is 8.87. The van der Waals surface area contributed by atoms with Crippen LogP contribution in [0.4, 0.5) is 4.79 Å². The minimum absolute atomic E-state index is 0.118. The van der Waals surface area contributed by atoms with Gasteiger partial charge >= 0.3 is 6.03 Å². The number of thioether (sulfide) groups is 1. The fraction of sp³-hybridized carbons (Fsp3) is 0.263. The first-order valence-corrected chi connectivity index (χ1v) is 10.5. The maximum Gasteiger partial charge on any atom is 0.321 e. The van der Waals surface area contributed by atoms with Gasteiger partial charge in [0.1, 0.15) is 16.2 Å². The molecule has 138 valence electrons. The molecule has 0 unspecified atom stereocenters. The molecule has 0 aliphatic heterocycles. The van der Waals surface area contributed by atoms with Gasteiger partial charge in [-0.25, -0.2) is 14.8 Å². The maximum absolute atomic E-state index is 12.1. The average molecular weight is 399 g/mol. The summed E-state index contributed by atoms with van der Waals surface area (Å²) in [6, 6.07) is 8.09. The van der Waals surface area contributed by atoms with Crippen molar-refractivity contribution in [1.82, 2.24) is 20.6 Å². The Morgan fingerprint density at radius 1 is 1.22 bits per heavy atom. The van der Waals surface area contributed by atoms with E-state index in [1.165, 1.54) is 23.7 Å². The lowest BCUT2D eigenvalue weighted by Crippen LogP contribution is -2.41. The monoisotopic (exact) mass is 398 g/mol. The number of fused-ring (bicyclic) bond motifs is 1. The number of carbonyl (C=O) groups excluding carboxylic acids is 2. The number of urea groups is 1. The fourth-order valence-electron chi connectivity index (χ4n) is 2.65. The molecular formula is C19H18N4O2S2. The molecule has 0 atom stereocenters. The minimum atomic E-state index is -0.424. The van der Waals surface area contributed by atoms with Crippen LogP contribution in [-0.2, 0) is 4.79 Å². The van der Waals surface area contributed by atoms with Gasteiger partial charge in [-0.3, -0.25) is 10.1 Å². The van der Waals surface area contributed by atoms with Crippen molar-refractivity contribution in [3.05, 3.63) is 41.5 Å². The van der Waals surface area contributed by atoms with E-state index >= 15 is 0 Å². The number of aryl methyl sites for hydroxylation is 1. The van der Waals surface area contributed by atoms with E-state index in [-0.39, 0.29) is 17.7 Å². The first kappa shape index (κ1) is 17.9. The van der Waals surface area contributed by atoms with Crippen LogP contribution in [0, 0.1) is 6.92 Å². The Hall–Kier alpha value is -2.45. The van der Waals surface area contributed by atoms with Crippen LogP contribution in [0.1, 0.15) is 18.4 Å². The van der Waals surface area contributed by atoms with E-state index in [0.29, 0.717) is 0 Å². The molecule has 0 saturated heterocycles. The molecule has 1 aromatic carbocycles. The zero-order valence-corrected chi connectivity index (χ0v) is 16.3. The molecule has 1 saturated carbocycles. The van der Waals surface area contributed by atoms with E-state index in [1.54, 1.807) is 11.3 Å². The van der Waals surface area contributed by atoms with Gasteiger partial charge in [0.25, 0.3) is 0 Å². The number of rotatable bonds is 5. The summed E-state index contributed by atoms with van der Waals surface area (Å²) in [6.07, 6.45) is 3.47. The van der Waals surface area contributed by atoms with E-state index in [9.17, 15) is 9.59 Å². The third-order valence-electron chi connectivity index (χ3n) is 4.20. The Morgan fingerprint density at radius 3 is 2.74 bits per heavy atom. The summed E-state index contributed by atoms with van der Waals surface area (Å²) in [6.45, 7) is 2.05. The quantitative estimate of drug-likeness (QED) is 0.505. The summed E-state index contributed by atoms with van der Waals surface area (Å²) in [5.74, 6) is -0.218. The van der Waals surface area contributed by atoms with Gasteiger partial charge in [-0.15, -0.1) is 11.3 Å². The minimum Gasteiger partial charge on any atom is -0.335 e. The van der Waals surface area contributed by atoms with E-state index in [1.807, 2.05) is 0 Å². The van der Waals surface area contributed by atoms with Gasteiger partial charge in [0.05, 0.1) is 11.1 Å². The first-order valence-electron chi connectivity index (χ1n) is 8.62. The van der Waals surface area contributed by atoms with Gasteiger partial charge in [-0.2, -0.15) is 0 Å². The molecule has 0 bridgehead atoms. The van der Waals surface area contributed by atoms with Crippen LogP contribution in [0.5, 0.6) is 0 Å². The summed E-state index contributed by atoms with van der Waals surface area (Å²) in [5.41, 5.74) is 3.35. The zero-order chi connectivity index (χ0) is 18.8. The van der Waals surface area contributed by atoms with Gasteiger partial charge in [0, 0.05) is 17.0 Å². The standard InChI is InChI=1S/C19H18N4O2S2/c1-11-2-4-12(5-3-11)14-8-26-17-16(14)18(21-10-20-17)27-9-15(24)23-19(25)22-13-6-7-13/h2-5,8,10,13H,6-7,9H2,1H3,(H2,22,23,24,25).